The third kappa shape index (κ3) is 4.64. The quantitative estimate of drug-likeness (QED) is 0.751. The van der Waals surface area contributed by atoms with Crippen molar-refractivity contribution in [3.8, 4) is 6.07 Å². The van der Waals surface area contributed by atoms with E-state index in [1.165, 1.54) is 10.5 Å². The lowest BCUT2D eigenvalue weighted by Gasteiger charge is -2.28. The number of hydrogen-bond donors (Lipinski definition) is 1. The first-order chi connectivity index (χ1) is 14.6. The van der Waals surface area contributed by atoms with Crippen LogP contribution in [0.3, 0.4) is 0 Å². The Bertz CT molecular complexity index is 985. The van der Waals surface area contributed by atoms with Gasteiger partial charge in [0, 0.05) is 24.7 Å². The third-order valence-corrected chi connectivity index (χ3v) is 7.96. The number of hydrogen-bond acceptors (Lipinski definition) is 4. The maximum absolute atomic E-state index is 12.8. The summed E-state index contributed by atoms with van der Waals surface area (Å²) in [6.45, 7) is 6.06. The van der Waals surface area contributed by atoms with E-state index >= 15 is 0 Å². The Morgan fingerprint density at radius 3 is 2.27 bits per heavy atom. The summed E-state index contributed by atoms with van der Waals surface area (Å²) in [4.78, 5) is 7.35. The summed E-state index contributed by atoms with van der Waals surface area (Å²) in [7, 11) is -3.40. The van der Waals surface area contributed by atoms with Crippen LogP contribution in [0.2, 0.25) is 0 Å². The Kier molecular flexibility index (Phi) is 6.32. The number of rotatable bonds is 5. The van der Waals surface area contributed by atoms with E-state index in [4.69, 9.17) is 5.26 Å². The molecule has 0 saturated carbocycles. The lowest BCUT2D eigenvalue weighted by atomic mass is 10.1. The molecule has 2 saturated heterocycles. The highest BCUT2D eigenvalue weighted by Crippen LogP contribution is 2.20. The summed E-state index contributed by atoms with van der Waals surface area (Å²) in [5.74, 6) is 0.963. The number of benzene rings is 1. The maximum Gasteiger partial charge on any atom is 0.274 e. The smallest absolute Gasteiger partial charge is 0.274 e. The Hall–Kier alpha value is -2.47. The molecule has 0 amide bonds. The van der Waals surface area contributed by atoms with Crippen LogP contribution in [-0.2, 0) is 16.6 Å². The van der Waals surface area contributed by atoms with E-state index in [2.05, 4.69) is 16.0 Å². The second-order valence-electron chi connectivity index (χ2n) is 8.10. The van der Waals surface area contributed by atoms with E-state index in [-0.39, 0.29) is 0 Å². The van der Waals surface area contributed by atoms with E-state index in [1.807, 2.05) is 30.3 Å². The number of aromatic nitrogens is 1. The van der Waals surface area contributed by atoms with Crippen LogP contribution in [-0.4, -0.2) is 52.0 Å². The molecule has 0 unspecified atom stereocenters. The van der Waals surface area contributed by atoms with Crippen LogP contribution in [0.25, 0.3) is 0 Å². The molecule has 2 fully saturated rings. The molecule has 1 aromatic heterocycles. The predicted octanol–water partition coefficient (Wildman–Crippen LogP) is 0.452. The second kappa shape index (κ2) is 9.13. The minimum Gasteiger partial charge on any atom is -0.325 e. The molecular weight excluding hydrogens is 398 g/mol. The molecule has 2 aliphatic rings. The van der Waals surface area contributed by atoms with E-state index in [0.29, 0.717) is 23.5 Å². The molecule has 3 heterocycles. The van der Waals surface area contributed by atoms with Crippen LogP contribution >= 0.6 is 0 Å². The Labute approximate surface area is 178 Å². The van der Waals surface area contributed by atoms with Crippen molar-refractivity contribution in [3.05, 3.63) is 53.7 Å². The lowest BCUT2D eigenvalue weighted by Crippen LogP contribution is -3.13. The first-order valence-electron chi connectivity index (χ1n) is 10.7. The van der Waals surface area contributed by atoms with Crippen molar-refractivity contribution in [2.24, 2.45) is 0 Å². The zero-order valence-electron chi connectivity index (χ0n) is 17.2. The molecule has 8 heteroatoms. The van der Waals surface area contributed by atoms with Gasteiger partial charge in [0.15, 0.2) is 0 Å². The monoisotopic (exact) mass is 427 g/mol. The first kappa shape index (κ1) is 20.8. The minimum absolute atomic E-state index is 0.346. The number of nitrogens with one attached hydrogen (secondary N) is 2. The van der Waals surface area contributed by atoms with Crippen molar-refractivity contribution in [2.75, 3.05) is 44.2 Å². The summed E-state index contributed by atoms with van der Waals surface area (Å²) in [5, 5.41) is 8.92. The minimum atomic E-state index is -3.40. The second-order valence-corrected chi connectivity index (χ2v) is 10.0. The highest BCUT2D eigenvalue weighted by Gasteiger charge is 2.29. The Morgan fingerprint density at radius 2 is 1.67 bits per heavy atom. The van der Waals surface area contributed by atoms with Gasteiger partial charge in [-0.15, -0.1) is 0 Å². The number of pyridine rings is 1. The molecule has 1 aromatic carbocycles. The van der Waals surface area contributed by atoms with Gasteiger partial charge in [0.2, 0.25) is 10.0 Å². The Morgan fingerprint density at radius 1 is 0.967 bits per heavy atom. The van der Waals surface area contributed by atoms with Crippen LogP contribution in [0.1, 0.15) is 30.4 Å². The van der Waals surface area contributed by atoms with Crippen molar-refractivity contribution in [3.63, 3.8) is 0 Å². The van der Waals surface area contributed by atoms with E-state index in [9.17, 15) is 8.42 Å². The zero-order valence-corrected chi connectivity index (χ0v) is 18.0. The summed E-state index contributed by atoms with van der Waals surface area (Å²) < 4.78 is 27.2. The average molecular weight is 428 g/mol. The fraction of sp³-hybridized carbons (Fsp3) is 0.455. The lowest BCUT2D eigenvalue weighted by molar-refractivity contribution is -0.914. The molecule has 2 aliphatic heterocycles. The SMILES string of the molecule is N#Cc1ccc(C[NH+]2CCN(c3ccc(S(=O)(=O)N4CCCCC4)c[nH+]3)CC2)cc1. The van der Waals surface area contributed by atoms with Crippen LogP contribution in [0.15, 0.2) is 47.5 Å². The molecule has 4 rings (SSSR count). The number of anilines is 1. The van der Waals surface area contributed by atoms with Crippen molar-refractivity contribution in [1.29, 1.82) is 5.26 Å². The van der Waals surface area contributed by atoms with Crippen molar-refractivity contribution < 1.29 is 18.3 Å². The first-order valence-corrected chi connectivity index (χ1v) is 12.1. The van der Waals surface area contributed by atoms with Crippen LogP contribution in [0, 0.1) is 11.3 Å². The van der Waals surface area contributed by atoms with Gasteiger partial charge in [-0.3, -0.25) is 4.90 Å². The van der Waals surface area contributed by atoms with Gasteiger partial charge in [0.25, 0.3) is 5.82 Å². The van der Waals surface area contributed by atoms with Crippen molar-refractivity contribution in [2.45, 2.75) is 30.7 Å². The third-order valence-electron chi connectivity index (χ3n) is 6.07. The number of nitriles is 1. The zero-order chi connectivity index (χ0) is 21.0. The highest BCUT2D eigenvalue weighted by atomic mass is 32.2. The van der Waals surface area contributed by atoms with Gasteiger partial charge in [0.1, 0.15) is 43.8 Å². The summed E-state index contributed by atoms with van der Waals surface area (Å²) in [6, 6.07) is 13.6. The van der Waals surface area contributed by atoms with E-state index in [1.54, 1.807) is 16.6 Å². The molecule has 30 heavy (non-hydrogen) atoms. The fourth-order valence-corrected chi connectivity index (χ4v) is 5.73. The van der Waals surface area contributed by atoms with Crippen LogP contribution < -0.4 is 14.8 Å². The number of piperidine rings is 1. The van der Waals surface area contributed by atoms with Crippen LogP contribution in [0.5, 0.6) is 0 Å². The van der Waals surface area contributed by atoms with Gasteiger partial charge in [-0.1, -0.05) is 18.6 Å². The topological polar surface area (TPSA) is 83.0 Å². The molecule has 0 radical (unpaired) electrons. The standard InChI is InChI=1S/C22H27N5O2S/c23-16-19-4-6-20(7-5-19)18-25-12-14-26(15-13-25)22-9-8-21(17-24-22)30(28,29)27-10-2-1-3-11-27/h4-9,17H,1-3,10-15,18H2/p+2. The summed E-state index contributed by atoms with van der Waals surface area (Å²) in [6.07, 6.45) is 4.62. The summed E-state index contributed by atoms with van der Waals surface area (Å²) >= 11 is 0. The largest absolute Gasteiger partial charge is 0.325 e. The molecule has 7 nitrogen and oxygen atoms in total. The molecule has 0 spiro atoms. The van der Waals surface area contributed by atoms with Gasteiger partial charge < -0.3 is 4.90 Å². The highest BCUT2D eigenvalue weighted by molar-refractivity contribution is 7.89. The fourth-order valence-electron chi connectivity index (χ4n) is 4.24. The van der Waals surface area contributed by atoms with Crippen molar-refractivity contribution >= 4 is 15.8 Å². The predicted molar refractivity (Wildman–Crippen MR) is 113 cm³/mol. The molecule has 2 aromatic rings. The average Bonchev–Trinajstić information content (AvgIpc) is 2.81. The molecular formula is C22H29N5O2S+2. The van der Waals surface area contributed by atoms with E-state index < -0.39 is 10.0 Å². The number of aromatic amines is 1. The molecule has 158 valence electrons. The number of quaternary nitrogens is 1. The van der Waals surface area contributed by atoms with Gasteiger partial charge in [-0.05, 0) is 31.0 Å². The molecule has 0 aliphatic carbocycles. The van der Waals surface area contributed by atoms with Crippen molar-refractivity contribution in [1.82, 2.24) is 4.31 Å². The van der Waals surface area contributed by atoms with Gasteiger partial charge in [-0.2, -0.15) is 9.57 Å². The molecule has 0 bridgehead atoms. The molecule has 0 atom stereocenters. The normalized spacial score (nSPS) is 18.8. The number of nitrogens with zero attached hydrogens (tertiary/aromatic N) is 3. The van der Waals surface area contributed by atoms with E-state index in [0.717, 1.165) is 57.8 Å². The van der Waals surface area contributed by atoms with Crippen LogP contribution in [0.4, 0.5) is 5.82 Å². The van der Waals surface area contributed by atoms with Gasteiger partial charge in [-0.25, -0.2) is 13.4 Å². The number of H-pyrrole nitrogens is 1. The summed E-state index contributed by atoms with van der Waals surface area (Å²) in [5.41, 5.74) is 1.94. The number of piperazine rings is 1. The maximum atomic E-state index is 12.8. The Balaban J connectivity index is 1.34. The number of sulfonamides is 1. The molecule has 2 N–H and O–H groups in total. The van der Waals surface area contributed by atoms with Gasteiger partial charge in [0.05, 0.1) is 11.6 Å². The van der Waals surface area contributed by atoms with Gasteiger partial charge >= 0.3 is 0 Å².